The molecule has 136 valence electrons. The maximum atomic E-state index is 13.0. The molecule has 1 aliphatic carbocycles. The third kappa shape index (κ3) is 4.32. The molecule has 0 radical (unpaired) electrons. The van der Waals surface area contributed by atoms with Crippen molar-refractivity contribution in [1.82, 2.24) is 9.80 Å². The van der Waals surface area contributed by atoms with E-state index in [1.54, 1.807) is 0 Å². The molecule has 1 atom stereocenters. The number of hydrogen-bond acceptors (Lipinski definition) is 2. The van der Waals surface area contributed by atoms with E-state index < -0.39 is 0 Å². The summed E-state index contributed by atoms with van der Waals surface area (Å²) < 4.78 is 13.0. The summed E-state index contributed by atoms with van der Waals surface area (Å²) in [6.07, 6.45) is 12.9. The fraction of sp³-hybridized carbons (Fsp3) is 0.636. The average molecular weight is 343 g/mol. The molecule has 3 aliphatic rings. The quantitative estimate of drug-likeness (QED) is 0.781. The second-order valence-electron chi connectivity index (χ2n) is 8.57. The standard InChI is InChI=1S/C22H31FN2/c23-21-9-7-19(8-10-21)6-2-13-24-15-12-22(17-24)11-3-14-25(18-22)16-20-4-1-5-20/h2,6-10,20H,1,3-5,11-18H2/b6-2+. The van der Waals surface area contributed by atoms with Gasteiger partial charge in [0.2, 0.25) is 0 Å². The van der Waals surface area contributed by atoms with Crippen LogP contribution in [0.1, 0.15) is 44.1 Å². The van der Waals surface area contributed by atoms with Crippen LogP contribution in [0.15, 0.2) is 30.3 Å². The lowest BCUT2D eigenvalue weighted by molar-refractivity contribution is 0.0682. The molecule has 0 bridgehead atoms. The van der Waals surface area contributed by atoms with Gasteiger partial charge in [-0.25, -0.2) is 4.39 Å². The second kappa shape index (κ2) is 7.59. The SMILES string of the molecule is Fc1ccc(/C=C/CN2CCC3(CCCN(CC4CCC4)C3)C2)cc1. The Morgan fingerprint density at radius 3 is 2.56 bits per heavy atom. The Labute approximate surface area is 151 Å². The van der Waals surface area contributed by atoms with Crippen molar-refractivity contribution < 1.29 is 4.39 Å². The summed E-state index contributed by atoms with van der Waals surface area (Å²) >= 11 is 0. The zero-order chi connectivity index (χ0) is 17.1. The number of nitrogens with zero attached hydrogens (tertiary/aromatic N) is 2. The van der Waals surface area contributed by atoms with Gasteiger partial charge in [0.1, 0.15) is 5.82 Å². The Morgan fingerprint density at radius 2 is 1.80 bits per heavy atom. The molecule has 2 heterocycles. The van der Waals surface area contributed by atoms with Gasteiger partial charge in [-0.05, 0) is 74.2 Å². The maximum absolute atomic E-state index is 13.0. The summed E-state index contributed by atoms with van der Waals surface area (Å²) in [7, 11) is 0. The van der Waals surface area contributed by atoms with Crippen LogP contribution >= 0.6 is 0 Å². The molecule has 0 N–H and O–H groups in total. The lowest BCUT2D eigenvalue weighted by atomic mass is 9.78. The molecule has 1 saturated carbocycles. The molecule has 1 aromatic carbocycles. The highest BCUT2D eigenvalue weighted by atomic mass is 19.1. The van der Waals surface area contributed by atoms with Crippen LogP contribution in [0.25, 0.3) is 6.08 Å². The van der Waals surface area contributed by atoms with Gasteiger partial charge in [-0.1, -0.05) is 30.7 Å². The minimum absolute atomic E-state index is 0.164. The zero-order valence-electron chi connectivity index (χ0n) is 15.3. The summed E-state index contributed by atoms with van der Waals surface area (Å²) in [5, 5.41) is 0. The maximum Gasteiger partial charge on any atom is 0.123 e. The van der Waals surface area contributed by atoms with Crippen molar-refractivity contribution in [1.29, 1.82) is 0 Å². The number of rotatable bonds is 5. The van der Waals surface area contributed by atoms with Crippen molar-refractivity contribution in [2.45, 2.75) is 38.5 Å². The summed E-state index contributed by atoms with van der Waals surface area (Å²) in [6, 6.07) is 6.75. The highest BCUT2D eigenvalue weighted by Gasteiger charge is 2.41. The van der Waals surface area contributed by atoms with Gasteiger partial charge < -0.3 is 4.90 Å². The Balaban J connectivity index is 1.27. The van der Waals surface area contributed by atoms with Gasteiger partial charge in [0.05, 0.1) is 0 Å². The smallest absolute Gasteiger partial charge is 0.123 e. The molecule has 2 saturated heterocycles. The topological polar surface area (TPSA) is 6.48 Å². The van der Waals surface area contributed by atoms with E-state index in [4.69, 9.17) is 0 Å². The lowest BCUT2D eigenvalue weighted by Gasteiger charge is -2.43. The Kier molecular flexibility index (Phi) is 5.23. The largest absolute Gasteiger partial charge is 0.302 e. The first-order valence-corrected chi connectivity index (χ1v) is 10.1. The van der Waals surface area contributed by atoms with Gasteiger partial charge in [0.25, 0.3) is 0 Å². The molecular formula is C22H31FN2. The van der Waals surface area contributed by atoms with Crippen LogP contribution in [0.5, 0.6) is 0 Å². The first-order valence-electron chi connectivity index (χ1n) is 10.1. The van der Waals surface area contributed by atoms with Crippen molar-refractivity contribution in [3.8, 4) is 0 Å². The van der Waals surface area contributed by atoms with Crippen molar-refractivity contribution in [2.75, 3.05) is 39.3 Å². The molecule has 0 aromatic heterocycles. The summed E-state index contributed by atoms with van der Waals surface area (Å²) in [5.74, 6) is 0.827. The molecule has 1 unspecified atom stereocenters. The predicted molar refractivity (Wildman–Crippen MR) is 102 cm³/mol. The molecule has 0 amide bonds. The highest BCUT2D eigenvalue weighted by molar-refractivity contribution is 5.48. The minimum Gasteiger partial charge on any atom is -0.302 e. The van der Waals surface area contributed by atoms with E-state index in [-0.39, 0.29) is 5.82 Å². The fourth-order valence-electron chi connectivity index (χ4n) is 4.93. The van der Waals surface area contributed by atoms with E-state index in [2.05, 4.69) is 22.0 Å². The summed E-state index contributed by atoms with van der Waals surface area (Å²) in [5.41, 5.74) is 1.63. The van der Waals surface area contributed by atoms with Crippen LogP contribution < -0.4 is 0 Å². The summed E-state index contributed by atoms with van der Waals surface area (Å²) in [6.45, 7) is 7.49. The highest BCUT2D eigenvalue weighted by Crippen LogP contribution is 2.40. The second-order valence-corrected chi connectivity index (χ2v) is 8.57. The third-order valence-corrected chi connectivity index (χ3v) is 6.54. The lowest BCUT2D eigenvalue weighted by Crippen LogP contribution is -2.47. The van der Waals surface area contributed by atoms with Crippen LogP contribution in [0.4, 0.5) is 4.39 Å². The normalized spacial score (nSPS) is 28.8. The van der Waals surface area contributed by atoms with E-state index in [0.717, 1.165) is 18.0 Å². The first kappa shape index (κ1) is 17.2. The van der Waals surface area contributed by atoms with E-state index in [1.807, 2.05) is 12.1 Å². The number of hydrogen-bond donors (Lipinski definition) is 0. The molecule has 2 nitrogen and oxygen atoms in total. The van der Waals surface area contributed by atoms with Crippen LogP contribution in [0.3, 0.4) is 0 Å². The van der Waals surface area contributed by atoms with Crippen molar-refractivity contribution in [3.05, 3.63) is 41.7 Å². The van der Waals surface area contributed by atoms with Gasteiger partial charge >= 0.3 is 0 Å². The monoisotopic (exact) mass is 342 g/mol. The number of piperidine rings is 1. The zero-order valence-corrected chi connectivity index (χ0v) is 15.3. The molecule has 25 heavy (non-hydrogen) atoms. The molecule has 3 heteroatoms. The van der Waals surface area contributed by atoms with Gasteiger partial charge in [-0.2, -0.15) is 0 Å². The van der Waals surface area contributed by atoms with Crippen LogP contribution in [-0.4, -0.2) is 49.1 Å². The van der Waals surface area contributed by atoms with Crippen LogP contribution in [-0.2, 0) is 0 Å². The molecule has 1 spiro atoms. The molecule has 2 aliphatic heterocycles. The summed E-state index contributed by atoms with van der Waals surface area (Å²) in [4.78, 5) is 5.37. The van der Waals surface area contributed by atoms with Gasteiger partial charge in [0, 0.05) is 26.2 Å². The van der Waals surface area contributed by atoms with Crippen LogP contribution in [0.2, 0.25) is 0 Å². The van der Waals surface area contributed by atoms with Crippen molar-refractivity contribution >= 4 is 6.08 Å². The number of likely N-dealkylation sites (tertiary alicyclic amines) is 2. The fourth-order valence-corrected chi connectivity index (χ4v) is 4.93. The van der Waals surface area contributed by atoms with Gasteiger partial charge in [-0.15, -0.1) is 0 Å². The number of benzene rings is 1. The van der Waals surface area contributed by atoms with Crippen LogP contribution in [0, 0.1) is 17.2 Å². The first-order chi connectivity index (χ1) is 12.2. The molecule has 4 rings (SSSR count). The van der Waals surface area contributed by atoms with E-state index >= 15 is 0 Å². The molecular weight excluding hydrogens is 311 g/mol. The Hall–Kier alpha value is -1.19. The van der Waals surface area contributed by atoms with E-state index in [0.29, 0.717) is 5.41 Å². The Bertz CT molecular complexity index is 593. The van der Waals surface area contributed by atoms with E-state index in [9.17, 15) is 4.39 Å². The number of halogens is 1. The molecule has 3 fully saturated rings. The van der Waals surface area contributed by atoms with Crippen molar-refractivity contribution in [2.24, 2.45) is 11.3 Å². The third-order valence-electron chi connectivity index (χ3n) is 6.54. The average Bonchev–Trinajstić information content (AvgIpc) is 2.95. The van der Waals surface area contributed by atoms with E-state index in [1.165, 1.54) is 83.4 Å². The molecule has 1 aromatic rings. The minimum atomic E-state index is -0.164. The predicted octanol–water partition coefficient (Wildman–Crippen LogP) is 4.43. The Morgan fingerprint density at radius 1 is 1.00 bits per heavy atom. The van der Waals surface area contributed by atoms with Gasteiger partial charge in [0.15, 0.2) is 0 Å². The van der Waals surface area contributed by atoms with Crippen molar-refractivity contribution in [3.63, 3.8) is 0 Å². The van der Waals surface area contributed by atoms with Gasteiger partial charge in [-0.3, -0.25) is 4.90 Å².